The topological polar surface area (TPSA) is 82.2 Å². The first-order valence-electron chi connectivity index (χ1n) is 7.17. The van der Waals surface area contributed by atoms with E-state index in [1.54, 1.807) is 0 Å². The second-order valence-electron chi connectivity index (χ2n) is 5.46. The fourth-order valence-corrected chi connectivity index (χ4v) is 3.15. The molecule has 0 radical (unpaired) electrons. The summed E-state index contributed by atoms with van der Waals surface area (Å²) in [6.45, 7) is 5.77. The number of nitrogens with two attached hydrogens (primary N) is 1. The van der Waals surface area contributed by atoms with Gasteiger partial charge in [0.15, 0.2) is 5.84 Å². The van der Waals surface area contributed by atoms with Gasteiger partial charge in [0.1, 0.15) is 0 Å². The molecule has 2 aliphatic rings. The summed E-state index contributed by atoms with van der Waals surface area (Å²) < 4.78 is 0. The summed E-state index contributed by atoms with van der Waals surface area (Å²) in [6.07, 6.45) is 4.15. The molecule has 0 aromatic rings. The minimum absolute atomic E-state index is 0.000466. The van der Waals surface area contributed by atoms with Crippen LogP contribution in [0.15, 0.2) is 5.16 Å². The third kappa shape index (κ3) is 3.00. The van der Waals surface area contributed by atoms with E-state index in [1.165, 1.54) is 12.8 Å². The van der Waals surface area contributed by atoms with Crippen LogP contribution >= 0.6 is 0 Å². The van der Waals surface area contributed by atoms with E-state index in [2.05, 4.69) is 10.1 Å². The first kappa shape index (κ1) is 14.1. The van der Waals surface area contributed by atoms with E-state index in [0.717, 1.165) is 32.6 Å². The average Bonchev–Trinajstić information content (AvgIpc) is 3.09. The van der Waals surface area contributed by atoms with Crippen molar-refractivity contribution in [2.75, 3.05) is 26.2 Å². The van der Waals surface area contributed by atoms with Crippen molar-refractivity contribution in [1.29, 1.82) is 0 Å². The highest BCUT2D eigenvalue weighted by atomic mass is 16.4. The van der Waals surface area contributed by atoms with E-state index in [-0.39, 0.29) is 11.7 Å². The third-order valence-electron chi connectivity index (χ3n) is 4.31. The number of carbonyl (C=O) groups is 1. The van der Waals surface area contributed by atoms with Crippen LogP contribution in [0.4, 0.5) is 0 Å². The first-order valence-corrected chi connectivity index (χ1v) is 7.17. The molecule has 0 aromatic heterocycles. The number of hydrogen-bond acceptors (Lipinski definition) is 4. The van der Waals surface area contributed by atoms with E-state index in [0.29, 0.717) is 12.5 Å². The molecule has 0 bridgehead atoms. The molecule has 2 fully saturated rings. The Morgan fingerprint density at radius 2 is 2.11 bits per heavy atom. The number of nitrogens with zero attached hydrogens (tertiary/aromatic N) is 3. The van der Waals surface area contributed by atoms with E-state index in [1.807, 2.05) is 11.8 Å². The van der Waals surface area contributed by atoms with Crippen molar-refractivity contribution in [1.82, 2.24) is 9.80 Å². The zero-order chi connectivity index (χ0) is 13.8. The van der Waals surface area contributed by atoms with Crippen LogP contribution in [0.25, 0.3) is 0 Å². The fourth-order valence-electron chi connectivity index (χ4n) is 3.15. The van der Waals surface area contributed by atoms with Crippen LogP contribution in [0.3, 0.4) is 0 Å². The van der Waals surface area contributed by atoms with Crippen molar-refractivity contribution >= 4 is 11.7 Å². The maximum absolute atomic E-state index is 12.4. The standard InChI is InChI=1S/C13H24N4O2/c1-2-11(12(14)15-19)13(18)17-8-5-10(9-17)16-6-3-4-7-16/h10-11,19H,2-9H2,1H3,(H2,14,15). The number of hydrogen-bond donors (Lipinski definition) is 2. The lowest BCUT2D eigenvalue weighted by atomic mass is 10.0. The SMILES string of the molecule is CCC(C(=O)N1CCC(N2CCCC2)C1)C(N)=NO. The maximum atomic E-state index is 12.4. The molecule has 2 unspecified atom stereocenters. The Hall–Kier alpha value is -1.30. The van der Waals surface area contributed by atoms with Gasteiger partial charge in [0.05, 0.1) is 5.92 Å². The van der Waals surface area contributed by atoms with Gasteiger partial charge in [-0.2, -0.15) is 0 Å². The zero-order valence-corrected chi connectivity index (χ0v) is 11.6. The summed E-state index contributed by atoms with van der Waals surface area (Å²) in [4.78, 5) is 16.7. The van der Waals surface area contributed by atoms with Gasteiger partial charge in [-0.25, -0.2) is 0 Å². The number of likely N-dealkylation sites (tertiary alicyclic amines) is 2. The third-order valence-corrected chi connectivity index (χ3v) is 4.31. The normalized spacial score (nSPS) is 26.9. The van der Waals surface area contributed by atoms with Gasteiger partial charge >= 0.3 is 0 Å². The lowest BCUT2D eigenvalue weighted by Crippen LogP contribution is -2.42. The van der Waals surface area contributed by atoms with Crippen molar-refractivity contribution in [3.8, 4) is 0 Å². The van der Waals surface area contributed by atoms with Gasteiger partial charge in [-0.1, -0.05) is 12.1 Å². The Bertz CT molecular complexity index is 353. The van der Waals surface area contributed by atoms with Gasteiger partial charge in [-0.3, -0.25) is 9.69 Å². The zero-order valence-electron chi connectivity index (χ0n) is 11.6. The van der Waals surface area contributed by atoms with Gasteiger partial charge in [0.2, 0.25) is 5.91 Å². The van der Waals surface area contributed by atoms with E-state index < -0.39 is 5.92 Å². The molecule has 2 rings (SSSR count). The van der Waals surface area contributed by atoms with Crippen molar-refractivity contribution in [2.24, 2.45) is 16.8 Å². The summed E-state index contributed by atoms with van der Waals surface area (Å²) in [7, 11) is 0. The Balaban J connectivity index is 1.93. The second-order valence-corrected chi connectivity index (χ2v) is 5.46. The molecule has 2 aliphatic heterocycles. The van der Waals surface area contributed by atoms with Crippen molar-refractivity contribution in [3.63, 3.8) is 0 Å². The van der Waals surface area contributed by atoms with Crippen LogP contribution in [0.2, 0.25) is 0 Å². The van der Waals surface area contributed by atoms with Gasteiger partial charge in [-0.15, -0.1) is 0 Å². The largest absolute Gasteiger partial charge is 0.409 e. The second kappa shape index (κ2) is 6.23. The molecule has 19 heavy (non-hydrogen) atoms. The molecule has 6 nitrogen and oxygen atoms in total. The lowest BCUT2D eigenvalue weighted by Gasteiger charge is -2.25. The number of amidine groups is 1. The number of amides is 1. The van der Waals surface area contributed by atoms with E-state index in [4.69, 9.17) is 10.9 Å². The van der Waals surface area contributed by atoms with Crippen LogP contribution in [0, 0.1) is 5.92 Å². The van der Waals surface area contributed by atoms with Crippen LogP contribution < -0.4 is 5.73 Å². The number of oxime groups is 1. The van der Waals surface area contributed by atoms with Crippen molar-refractivity contribution in [3.05, 3.63) is 0 Å². The summed E-state index contributed by atoms with van der Waals surface area (Å²) >= 11 is 0. The highest BCUT2D eigenvalue weighted by molar-refractivity contribution is 6.02. The number of carbonyl (C=O) groups excluding carboxylic acids is 1. The molecule has 6 heteroatoms. The predicted molar refractivity (Wildman–Crippen MR) is 73.0 cm³/mol. The molecule has 2 heterocycles. The molecule has 1 amide bonds. The molecule has 0 saturated carbocycles. The highest BCUT2D eigenvalue weighted by Gasteiger charge is 2.34. The highest BCUT2D eigenvalue weighted by Crippen LogP contribution is 2.22. The molecule has 2 atom stereocenters. The Morgan fingerprint density at radius 1 is 1.42 bits per heavy atom. The molecule has 2 saturated heterocycles. The van der Waals surface area contributed by atoms with E-state index >= 15 is 0 Å². The van der Waals surface area contributed by atoms with E-state index in [9.17, 15) is 4.79 Å². The quantitative estimate of drug-likeness (QED) is 0.336. The van der Waals surface area contributed by atoms with Gasteiger partial charge in [-0.05, 0) is 38.8 Å². The summed E-state index contributed by atoms with van der Waals surface area (Å²) in [5, 5.41) is 11.7. The summed E-state index contributed by atoms with van der Waals surface area (Å²) in [5.41, 5.74) is 5.60. The minimum Gasteiger partial charge on any atom is -0.409 e. The fraction of sp³-hybridized carbons (Fsp3) is 0.846. The summed E-state index contributed by atoms with van der Waals surface area (Å²) in [5.74, 6) is -0.459. The maximum Gasteiger partial charge on any atom is 0.233 e. The van der Waals surface area contributed by atoms with Crippen LogP contribution in [-0.4, -0.2) is 59.0 Å². The summed E-state index contributed by atoms with van der Waals surface area (Å²) in [6, 6.07) is 0.497. The molecular weight excluding hydrogens is 244 g/mol. The number of rotatable bonds is 4. The molecule has 0 aliphatic carbocycles. The Morgan fingerprint density at radius 3 is 2.68 bits per heavy atom. The van der Waals surface area contributed by atoms with Crippen LogP contribution in [0.5, 0.6) is 0 Å². The molecule has 108 valence electrons. The smallest absolute Gasteiger partial charge is 0.233 e. The van der Waals surface area contributed by atoms with Crippen molar-refractivity contribution in [2.45, 2.75) is 38.6 Å². The van der Waals surface area contributed by atoms with Gasteiger partial charge in [0.25, 0.3) is 0 Å². The van der Waals surface area contributed by atoms with Crippen LogP contribution in [0.1, 0.15) is 32.6 Å². The van der Waals surface area contributed by atoms with Crippen LogP contribution in [-0.2, 0) is 4.79 Å². The molecule has 3 N–H and O–H groups in total. The minimum atomic E-state index is -0.484. The molecule has 0 spiro atoms. The Kier molecular flexibility index (Phi) is 4.63. The predicted octanol–water partition coefficient (Wildman–Crippen LogP) is 0.456. The van der Waals surface area contributed by atoms with Gasteiger partial charge < -0.3 is 15.8 Å². The Labute approximate surface area is 114 Å². The molecular formula is C13H24N4O2. The lowest BCUT2D eigenvalue weighted by molar-refractivity contribution is -0.132. The average molecular weight is 268 g/mol. The van der Waals surface area contributed by atoms with Gasteiger partial charge in [0, 0.05) is 19.1 Å². The van der Waals surface area contributed by atoms with Crippen molar-refractivity contribution < 1.29 is 10.0 Å². The monoisotopic (exact) mass is 268 g/mol. The first-order chi connectivity index (χ1) is 9.17. The molecule has 0 aromatic carbocycles.